The van der Waals surface area contributed by atoms with Crippen LogP contribution < -0.4 is 10.7 Å². The van der Waals surface area contributed by atoms with Crippen molar-refractivity contribution in [2.75, 3.05) is 6.54 Å². The second-order valence-electron chi connectivity index (χ2n) is 3.93. The molecule has 0 spiro atoms. The van der Waals surface area contributed by atoms with E-state index in [1.165, 1.54) is 6.07 Å². The highest BCUT2D eigenvalue weighted by molar-refractivity contribution is 5.94. The fraction of sp³-hybridized carbons (Fsp3) is 0.143. The van der Waals surface area contributed by atoms with Gasteiger partial charge in [-0.3, -0.25) is 9.59 Å². The van der Waals surface area contributed by atoms with E-state index in [0.717, 1.165) is 0 Å². The number of pyridine rings is 1. The third-order valence-electron chi connectivity index (χ3n) is 2.62. The topological polar surface area (TPSA) is 62.0 Å². The molecule has 1 aromatic heterocycles. The Morgan fingerprint density at radius 2 is 2.17 bits per heavy atom. The first-order valence-electron chi connectivity index (χ1n) is 5.73. The van der Waals surface area contributed by atoms with Gasteiger partial charge in [-0.15, -0.1) is 6.58 Å². The molecular formula is C14H14N2O2. The zero-order valence-corrected chi connectivity index (χ0v) is 9.90. The first-order chi connectivity index (χ1) is 8.72. The lowest BCUT2D eigenvalue weighted by molar-refractivity contribution is 0.0949. The fourth-order valence-corrected chi connectivity index (χ4v) is 1.70. The predicted molar refractivity (Wildman–Crippen MR) is 71.7 cm³/mol. The summed E-state index contributed by atoms with van der Waals surface area (Å²) in [6, 6.07) is 8.44. The summed E-state index contributed by atoms with van der Waals surface area (Å²) >= 11 is 0. The lowest BCUT2D eigenvalue weighted by Crippen LogP contribution is -2.26. The van der Waals surface area contributed by atoms with E-state index in [-0.39, 0.29) is 17.0 Å². The molecule has 0 atom stereocenters. The van der Waals surface area contributed by atoms with Gasteiger partial charge in [0, 0.05) is 23.5 Å². The lowest BCUT2D eigenvalue weighted by Gasteiger charge is -2.05. The Labute approximate surface area is 104 Å². The maximum Gasteiger partial charge on any atom is 0.267 e. The van der Waals surface area contributed by atoms with Crippen molar-refractivity contribution in [1.82, 2.24) is 10.3 Å². The molecule has 0 saturated carbocycles. The van der Waals surface area contributed by atoms with Gasteiger partial charge in [0.1, 0.15) is 5.69 Å². The van der Waals surface area contributed by atoms with E-state index >= 15 is 0 Å². The number of aromatic amines is 1. The van der Waals surface area contributed by atoms with Crippen LogP contribution in [0, 0.1) is 0 Å². The molecule has 2 rings (SSSR count). The van der Waals surface area contributed by atoms with Crippen molar-refractivity contribution in [2.45, 2.75) is 6.42 Å². The highest BCUT2D eigenvalue weighted by Gasteiger charge is 2.08. The molecule has 2 aromatic rings. The number of carbonyl (C=O) groups excluding carboxylic acids is 1. The van der Waals surface area contributed by atoms with E-state index in [2.05, 4.69) is 16.9 Å². The van der Waals surface area contributed by atoms with Gasteiger partial charge < -0.3 is 10.3 Å². The maximum absolute atomic E-state index is 11.8. The van der Waals surface area contributed by atoms with Gasteiger partial charge in [-0.2, -0.15) is 0 Å². The van der Waals surface area contributed by atoms with Crippen molar-refractivity contribution in [1.29, 1.82) is 0 Å². The monoisotopic (exact) mass is 242 g/mol. The summed E-state index contributed by atoms with van der Waals surface area (Å²) in [5, 5.41) is 3.29. The minimum Gasteiger partial charge on any atom is -0.350 e. The number of nitrogens with one attached hydrogen (secondary N) is 2. The number of hydrogen-bond acceptors (Lipinski definition) is 2. The van der Waals surface area contributed by atoms with Crippen LogP contribution in [0.15, 0.2) is 47.8 Å². The predicted octanol–water partition coefficient (Wildman–Crippen LogP) is 1.83. The number of H-pyrrole nitrogens is 1. The first-order valence-corrected chi connectivity index (χ1v) is 5.73. The summed E-state index contributed by atoms with van der Waals surface area (Å²) in [5.41, 5.74) is 0.792. The molecule has 4 heteroatoms. The second kappa shape index (κ2) is 5.31. The van der Waals surface area contributed by atoms with Crippen molar-refractivity contribution in [2.24, 2.45) is 0 Å². The Hall–Kier alpha value is -2.36. The van der Waals surface area contributed by atoms with Crippen LogP contribution in [-0.4, -0.2) is 17.4 Å². The molecule has 0 unspecified atom stereocenters. The molecule has 18 heavy (non-hydrogen) atoms. The molecule has 0 fully saturated rings. The van der Waals surface area contributed by atoms with Gasteiger partial charge in [-0.1, -0.05) is 18.2 Å². The average molecular weight is 242 g/mol. The molecule has 0 aliphatic carbocycles. The largest absolute Gasteiger partial charge is 0.350 e. The maximum atomic E-state index is 11.8. The van der Waals surface area contributed by atoms with Crippen molar-refractivity contribution >= 4 is 16.8 Å². The Balaban J connectivity index is 2.32. The van der Waals surface area contributed by atoms with Gasteiger partial charge in [0.2, 0.25) is 0 Å². The van der Waals surface area contributed by atoms with Crippen LogP contribution in [0.1, 0.15) is 16.9 Å². The third-order valence-corrected chi connectivity index (χ3v) is 2.62. The normalized spacial score (nSPS) is 10.2. The van der Waals surface area contributed by atoms with E-state index < -0.39 is 0 Å². The molecule has 0 aliphatic heterocycles. The van der Waals surface area contributed by atoms with Crippen molar-refractivity contribution in [3.63, 3.8) is 0 Å². The van der Waals surface area contributed by atoms with Crippen LogP contribution in [-0.2, 0) is 0 Å². The molecule has 1 heterocycles. The van der Waals surface area contributed by atoms with Gasteiger partial charge in [-0.25, -0.2) is 0 Å². The highest BCUT2D eigenvalue weighted by atomic mass is 16.2. The number of carbonyl (C=O) groups is 1. The van der Waals surface area contributed by atoms with E-state index in [9.17, 15) is 9.59 Å². The number of para-hydroxylation sites is 1. The number of hydrogen-bond donors (Lipinski definition) is 2. The molecule has 0 saturated heterocycles. The molecule has 1 amide bonds. The molecule has 0 aliphatic rings. The van der Waals surface area contributed by atoms with Gasteiger partial charge in [0.15, 0.2) is 5.43 Å². The molecule has 0 bridgehead atoms. The number of rotatable bonds is 4. The van der Waals surface area contributed by atoms with E-state index in [4.69, 9.17) is 0 Å². The zero-order chi connectivity index (χ0) is 13.0. The van der Waals surface area contributed by atoms with Gasteiger partial charge in [0.05, 0.1) is 0 Å². The van der Waals surface area contributed by atoms with Gasteiger partial charge in [0.25, 0.3) is 5.91 Å². The van der Waals surface area contributed by atoms with Crippen molar-refractivity contribution in [3.8, 4) is 0 Å². The summed E-state index contributed by atoms with van der Waals surface area (Å²) in [6.07, 6.45) is 2.42. The minimum atomic E-state index is -0.278. The zero-order valence-electron chi connectivity index (χ0n) is 9.90. The standard InChI is InChI=1S/C14H14N2O2/c1-2-3-8-15-14(18)12-9-13(17)10-6-4-5-7-11(10)16-12/h2,4-7,9H,1,3,8H2,(H,15,18)(H,16,17). The number of fused-ring (bicyclic) bond motifs is 1. The number of amides is 1. The second-order valence-corrected chi connectivity index (χ2v) is 3.93. The third kappa shape index (κ3) is 2.48. The van der Waals surface area contributed by atoms with Crippen LogP contribution in [0.4, 0.5) is 0 Å². The lowest BCUT2D eigenvalue weighted by atomic mass is 10.2. The van der Waals surface area contributed by atoms with Crippen LogP contribution >= 0.6 is 0 Å². The fourth-order valence-electron chi connectivity index (χ4n) is 1.70. The van der Waals surface area contributed by atoms with Crippen LogP contribution in [0.3, 0.4) is 0 Å². The smallest absolute Gasteiger partial charge is 0.267 e. The number of aromatic nitrogens is 1. The van der Waals surface area contributed by atoms with Crippen LogP contribution in [0.25, 0.3) is 10.9 Å². The molecule has 0 radical (unpaired) electrons. The Kier molecular flexibility index (Phi) is 3.57. The minimum absolute atomic E-state index is 0.154. The average Bonchev–Trinajstić information content (AvgIpc) is 2.39. The molecule has 2 N–H and O–H groups in total. The van der Waals surface area contributed by atoms with Crippen molar-refractivity contribution < 1.29 is 4.79 Å². The van der Waals surface area contributed by atoms with Crippen LogP contribution in [0.2, 0.25) is 0 Å². The Morgan fingerprint density at radius 3 is 2.94 bits per heavy atom. The summed E-state index contributed by atoms with van der Waals surface area (Å²) in [4.78, 5) is 26.6. The Morgan fingerprint density at radius 1 is 1.39 bits per heavy atom. The molecule has 92 valence electrons. The molecule has 1 aromatic carbocycles. The SMILES string of the molecule is C=CCCNC(=O)c1cc(=O)c2ccccc2[nH]1. The summed E-state index contributed by atoms with van der Waals surface area (Å²) < 4.78 is 0. The summed E-state index contributed by atoms with van der Waals surface area (Å²) in [7, 11) is 0. The summed E-state index contributed by atoms with van der Waals surface area (Å²) in [5.74, 6) is -0.278. The van der Waals surface area contributed by atoms with E-state index in [1.807, 2.05) is 6.07 Å². The summed E-state index contributed by atoms with van der Waals surface area (Å²) in [6.45, 7) is 4.09. The Bertz CT molecular complexity index is 644. The quantitative estimate of drug-likeness (QED) is 0.634. The van der Waals surface area contributed by atoms with E-state index in [1.54, 1.807) is 24.3 Å². The number of benzene rings is 1. The van der Waals surface area contributed by atoms with E-state index in [0.29, 0.717) is 23.9 Å². The first kappa shape index (κ1) is 12.1. The highest BCUT2D eigenvalue weighted by Crippen LogP contribution is 2.07. The van der Waals surface area contributed by atoms with Gasteiger partial charge in [-0.05, 0) is 18.6 Å². The van der Waals surface area contributed by atoms with Crippen LogP contribution in [0.5, 0.6) is 0 Å². The van der Waals surface area contributed by atoms with Gasteiger partial charge >= 0.3 is 0 Å². The van der Waals surface area contributed by atoms with Crippen molar-refractivity contribution in [3.05, 3.63) is 58.9 Å². The molecule has 4 nitrogen and oxygen atoms in total. The molecular weight excluding hydrogens is 228 g/mol.